The number of morpholine rings is 1. The number of urea groups is 1. The molecule has 2 N–H and O–H groups in total. The quantitative estimate of drug-likeness (QED) is 0.356. The van der Waals surface area contributed by atoms with Crippen molar-refractivity contribution < 1.29 is 23.5 Å². The number of likely N-dealkylation sites (tertiary alicyclic amines) is 1. The van der Waals surface area contributed by atoms with Gasteiger partial charge in [0.05, 0.1) is 43.6 Å². The molecule has 0 atom stereocenters. The van der Waals surface area contributed by atoms with Crippen molar-refractivity contribution in [3.63, 3.8) is 0 Å². The van der Waals surface area contributed by atoms with Crippen LogP contribution in [0.25, 0.3) is 22.4 Å². The molecule has 2 saturated heterocycles. The number of fused-ring (bicyclic) bond motifs is 1. The van der Waals surface area contributed by atoms with Gasteiger partial charge in [0.2, 0.25) is 0 Å². The molecule has 4 aromatic rings. The van der Waals surface area contributed by atoms with Gasteiger partial charge in [-0.15, -0.1) is 0 Å². The van der Waals surface area contributed by atoms with Crippen molar-refractivity contribution in [3.05, 3.63) is 60.5 Å². The molecule has 218 valence electrons. The second kappa shape index (κ2) is 12.0. The van der Waals surface area contributed by atoms with Gasteiger partial charge in [-0.05, 0) is 49.2 Å². The first kappa shape index (κ1) is 27.4. The van der Waals surface area contributed by atoms with Crippen LogP contribution in [0.4, 0.5) is 31.2 Å². The van der Waals surface area contributed by atoms with E-state index in [1.54, 1.807) is 29.2 Å². The van der Waals surface area contributed by atoms with E-state index in [4.69, 9.17) is 24.5 Å². The van der Waals surface area contributed by atoms with Crippen LogP contribution in [0, 0.1) is 5.82 Å². The average Bonchev–Trinajstić information content (AvgIpc) is 3.46. The van der Waals surface area contributed by atoms with Crippen molar-refractivity contribution in [2.75, 3.05) is 62.0 Å². The summed E-state index contributed by atoms with van der Waals surface area (Å²) in [5, 5.41) is 10.8. The number of nitrogens with zero attached hydrogens (tertiary/aromatic N) is 6. The number of carbonyl (C=O) groups is 2. The van der Waals surface area contributed by atoms with Crippen LogP contribution >= 0.6 is 0 Å². The smallest absolute Gasteiger partial charge is 0.409 e. The Labute approximate surface area is 241 Å². The van der Waals surface area contributed by atoms with Crippen LogP contribution in [0.15, 0.2) is 54.7 Å². The molecule has 4 heterocycles. The van der Waals surface area contributed by atoms with Crippen molar-refractivity contribution in [2.45, 2.75) is 18.9 Å². The summed E-state index contributed by atoms with van der Waals surface area (Å²) < 4.78 is 26.3. The van der Waals surface area contributed by atoms with Gasteiger partial charge in [-0.1, -0.05) is 12.1 Å². The molecule has 6 rings (SSSR count). The predicted octanol–water partition coefficient (Wildman–Crippen LogP) is 4.52. The zero-order valence-corrected chi connectivity index (χ0v) is 23.1. The van der Waals surface area contributed by atoms with Crippen LogP contribution in [0.5, 0.6) is 0 Å². The molecule has 2 aliphatic heterocycles. The first-order valence-electron chi connectivity index (χ1n) is 13.8. The second-order valence-electron chi connectivity index (χ2n) is 10.1. The summed E-state index contributed by atoms with van der Waals surface area (Å²) in [5.74, 6) is 0.808. The fourth-order valence-electron chi connectivity index (χ4n) is 5.30. The number of benzene rings is 2. The second-order valence-corrected chi connectivity index (χ2v) is 10.1. The first-order chi connectivity index (χ1) is 20.5. The van der Waals surface area contributed by atoms with E-state index in [0.29, 0.717) is 50.9 Å². The molecular weight excluding hydrogens is 543 g/mol. The largest absolute Gasteiger partial charge is 0.453 e. The molecule has 2 fully saturated rings. The van der Waals surface area contributed by atoms with Crippen molar-refractivity contribution >= 4 is 40.4 Å². The van der Waals surface area contributed by atoms with Crippen LogP contribution in [0.1, 0.15) is 18.9 Å². The summed E-state index contributed by atoms with van der Waals surface area (Å²) in [6.07, 6.45) is 2.96. The molecule has 0 unspecified atom stereocenters. The number of halogens is 1. The maximum Gasteiger partial charge on any atom is 0.409 e. The number of nitrogens with one attached hydrogen (secondary N) is 2. The molecule has 0 bridgehead atoms. The van der Waals surface area contributed by atoms with E-state index in [-0.39, 0.29) is 17.8 Å². The Kier molecular flexibility index (Phi) is 7.82. The van der Waals surface area contributed by atoms with E-state index < -0.39 is 11.8 Å². The number of amides is 3. The normalized spacial score (nSPS) is 16.0. The van der Waals surface area contributed by atoms with Gasteiger partial charge in [0, 0.05) is 37.4 Å². The van der Waals surface area contributed by atoms with Crippen LogP contribution < -0.4 is 15.5 Å². The van der Waals surface area contributed by atoms with Gasteiger partial charge in [-0.25, -0.2) is 28.6 Å². The number of piperidine rings is 1. The summed E-state index contributed by atoms with van der Waals surface area (Å²) in [4.78, 5) is 38.2. The van der Waals surface area contributed by atoms with Gasteiger partial charge >= 0.3 is 12.1 Å². The lowest BCUT2D eigenvalue weighted by Crippen LogP contribution is -2.39. The summed E-state index contributed by atoms with van der Waals surface area (Å²) in [6.45, 7) is 3.77. The highest BCUT2D eigenvalue weighted by Gasteiger charge is 2.28. The summed E-state index contributed by atoms with van der Waals surface area (Å²) >= 11 is 0. The molecule has 2 aliphatic rings. The summed E-state index contributed by atoms with van der Waals surface area (Å²) in [7, 11) is 1.39. The lowest BCUT2D eigenvalue weighted by atomic mass is 10.1. The molecule has 0 saturated carbocycles. The van der Waals surface area contributed by atoms with Gasteiger partial charge in [-0.2, -0.15) is 5.10 Å². The van der Waals surface area contributed by atoms with Gasteiger partial charge < -0.3 is 29.9 Å². The number of rotatable bonds is 5. The Bertz CT molecular complexity index is 1580. The maximum atomic E-state index is 13.9. The molecule has 42 heavy (non-hydrogen) atoms. The van der Waals surface area contributed by atoms with Crippen molar-refractivity contribution in [1.29, 1.82) is 0 Å². The van der Waals surface area contributed by atoms with Crippen molar-refractivity contribution in [1.82, 2.24) is 24.6 Å². The SMILES string of the molecule is COC(=O)N1CCC(n2ncc3c(N4CCOCC4)nc(-c4ccc(NC(=O)Nc5ccccc5F)cc4)nc32)CC1. The van der Waals surface area contributed by atoms with E-state index >= 15 is 0 Å². The molecule has 2 aromatic heterocycles. The van der Waals surface area contributed by atoms with Crippen molar-refractivity contribution in [3.8, 4) is 11.4 Å². The monoisotopic (exact) mass is 574 g/mol. The Morgan fingerprint density at radius 1 is 0.976 bits per heavy atom. The Balaban J connectivity index is 1.27. The highest BCUT2D eigenvalue weighted by molar-refractivity contribution is 6.00. The molecular formula is C29H31FN8O4. The molecule has 0 aliphatic carbocycles. The van der Waals surface area contributed by atoms with E-state index in [9.17, 15) is 14.0 Å². The van der Waals surface area contributed by atoms with Gasteiger partial charge in [0.15, 0.2) is 11.5 Å². The molecule has 2 aromatic carbocycles. The first-order valence-corrected chi connectivity index (χ1v) is 13.8. The fourth-order valence-corrected chi connectivity index (χ4v) is 5.30. The van der Waals surface area contributed by atoms with E-state index in [2.05, 4.69) is 15.5 Å². The van der Waals surface area contributed by atoms with Gasteiger partial charge in [-0.3, -0.25) is 0 Å². The number of methoxy groups -OCH3 is 1. The number of anilines is 3. The summed E-state index contributed by atoms with van der Waals surface area (Å²) in [6, 6.07) is 12.7. The molecule has 3 amide bonds. The van der Waals surface area contributed by atoms with Crippen LogP contribution in [0.2, 0.25) is 0 Å². The van der Waals surface area contributed by atoms with E-state index in [0.717, 1.165) is 35.3 Å². The highest BCUT2D eigenvalue weighted by atomic mass is 19.1. The number of ether oxygens (including phenoxy) is 2. The van der Waals surface area contributed by atoms with Crippen LogP contribution in [-0.2, 0) is 9.47 Å². The standard InChI is InChI=1S/C29H31FN8O4/c1-41-29(40)37-12-10-21(11-13-37)38-27-22(18-31-38)26(36-14-16-42-17-15-36)34-25(35-27)19-6-8-20(9-7-19)32-28(39)33-24-5-3-2-4-23(24)30/h2-9,18,21H,10-17H2,1H3,(H2,32,33,39). The predicted molar refractivity (Wildman–Crippen MR) is 155 cm³/mol. The van der Waals surface area contributed by atoms with Crippen LogP contribution in [0.3, 0.4) is 0 Å². The molecule has 13 heteroatoms. The number of aromatic nitrogens is 4. The third-order valence-corrected chi connectivity index (χ3v) is 7.51. The minimum absolute atomic E-state index is 0.0724. The van der Waals surface area contributed by atoms with Crippen LogP contribution in [-0.4, -0.2) is 83.3 Å². The maximum absolute atomic E-state index is 13.9. The van der Waals surface area contributed by atoms with E-state index in [1.807, 2.05) is 23.0 Å². The highest BCUT2D eigenvalue weighted by Crippen LogP contribution is 2.32. The average molecular weight is 575 g/mol. The number of hydrogen-bond acceptors (Lipinski definition) is 8. The number of para-hydroxylation sites is 1. The summed E-state index contributed by atoms with van der Waals surface area (Å²) in [5.41, 5.74) is 2.12. The van der Waals surface area contributed by atoms with Gasteiger partial charge in [0.25, 0.3) is 0 Å². The lowest BCUT2D eigenvalue weighted by Gasteiger charge is -2.31. The number of carbonyl (C=O) groups excluding carboxylic acids is 2. The minimum atomic E-state index is -0.553. The number of hydrogen-bond donors (Lipinski definition) is 2. The molecule has 0 spiro atoms. The topological polar surface area (TPSA) is 127 Å². The third kappa shape index (κ3) is 5.68. The Morgan fingerprint density at radius 3 is 2.43 bits per heavy atom. The zero-order chi connectivity index (χ0) is 29.1. The third-order valence-electron chi connectivity index (χ3n) is 7.51. The lowest BCUT2D eigenvalue weighted by molar-refractivity contribution is 0.106. The fraction of sp³-hybridized carbons (Fsp3) is 0.345. The minimum Gasteiger partial charge on any atom is -0.453 e. The zero-order valence-electron chi connectivity index (χ0n) is 23.1. The Morgan fingerprint density at radius 2 is 1.71 bits per heavy atom. The van der Waals surface area contributed by atoms with Crippen molar-refractivity contribution in [2.24, 2.45) is 0 Å². The Hall–Kier alpha value is -4.78. The van der Waals surface area contributed by atoms with Gasteiger partial charge in [0.1, 0.15) is 11.6 Å². The van der Waals surface area contributed by atoms with E-state index in [1.165, 1.54) is 19.2 Å². The molecule has 0 radical (unpaired) electrons. The molecule has 12 nitrogen and oxygen atoms in total.